The third-order valence-corrected chi connectivity index (χ3v) is 27.5. The predicted octanol–water partition coefficient (Wildman–Crippen LogP) is 12.5. The van der Waals surface area contributed by atoms with E-state index in [-0.39, 0.29) is 5.54 Å². The number of benzene rings is 1. The Morgan fingerprint density at radius 2 is 1.07 bits per heavy atom. The zero-order chi connectivity index (χ0) is 30.4. The van der Waals surface area contributed by atoms with E-state index in [4.69, 9.17) is 4.43 Å². The second-order valence-electron chi connectivity index (χ2n) is 12.8. The Labute approximate surface area is 247 Å². The Hall–Kier alpha value is -0.609. The van der Waals surface area contributed by atoms with Crippen LogP contribution in [0.15, 0.2) is 0 Å². The van der Waals surface area contributed by atoms with Gasteiger partial charge in [-0.25, -0.2) is 13.2 Å². The first-order valence-electron chi connectivity index (χ1n) is 16.4. The first-order chi connectivity index (χ1) is 18.9. The van der Waals surface area contributed by atoms with Crippen molar-refractivity contribution in [2.24, 2.45) is 0 Å². The molecular weight excluding hydrogens is 561 g/mol. The zero-order valence-corrected chi connectivity index (χ0v) is 30.0. The van der Waals surface area contributed by atoms with Gasteiger partial charge in [-0.1, -0.05) is 149 Å². The summed E-state index contributed by atoms with van der Waals surface area (Å²) in [5, 5.41) is 0. The van der Waals surface area contributed by atoms with E-state index in [0.29, 0.717) is 0 Å². The van der Waals surface area contributed by atoms with E-state index in [9.17, 15) is 17.6 Å². The summed E-state index contributed by atoms with van der Waals surface area (Å²) in [5.74, 6) is -6.92. The summed E-state index contributed by atoms with van der Waals surface area (Å²) in [5.41, 5.74) is 0.0930. The Morgan fingerprint density at radius 3 is 1.52 bits per heavy atom. The van der Waals surface area contributed by atoms with Gasteiger partial charge in [0.1, 0.15) is 0 Å². The smallest absolute Gasteiger partial charge is 0.253 e. The highest BCUT2D eigenvalue weighted by Gasteiger charge is 2.44. The molecule has 0 heterocycles. The van der Waals surface area contributed by atoms with Gasteiger partial charge in [0.2, 0.25) is 5.82 Å². The lowest BCUT2D eigenvalue weighted by atomic mass is 10.2. The van der Waals surface area contributed by atoms with Crippen molar-refractivity contribution < 1.29 is 22.0 Å². The standard InChI is InChI=1S/C32H59F4OSi3/c1-9-19-39(20-10-2,21-11-3)22-17-15-16-18-23-40(27(7)8,25-24-38(12-4,13-5)14-6)37-32-29(34)26-28(33)30(35)31(32)36/h27H,9-25H2,1-8H3. The van der Waals surface area contributed by atoms with Crippen LogP contribution in [0.1, 0.15) is 100 Å². The lowest BCUT2D eigenvalue weighted by Gasteiger charge is -2.39. The minimum atomic E-state index is -2.76. The number of hydrogen-bond donors (Lipinski definition) is 0. The molecule has 0 aliphatic carbocycles. The molecule has 8 heteroatoms. The van der Waals surface area contributed by atoms with Crippen molar-refractivity contribution in [1.82, 2.24) is 0 Å². The molecule has 0 aliphatic rings. The Balaban J connectivity index is 3.12. The molecule has 1 atom stereocenters. The maximum Gasteiger partial charge on any atom is 0.253 e. The molecule has 0 fully saturated rings. The molecule has 0 saturated carbocycles. The van der Waals surface area contributed by atoms with Crippen LogP contribution in [0.3, 0.4) is 0 Å². The molecule has 0 N–H and O–H groups in total. The fourth-order valence-corrected chi connectivity index (χ4v) is 22.4. The first-order valence-corrected chi connectivity index (χ1v) is 24.4. The molecule has 0 spiro atoms. The van der Waals surface area contributed by atoms with E-state index >= 15 is 0 Å². The highest BCUT2D eigenvalue weighted by atomic mass is 28.4. The highest BCUT2D eigenvalue weighted by molar-refractivity contribution is 6.83. The topological polar surface area (TPSA) is 9.23 Å². The minimum Gasteiger partial charge on any atom is -0.539 e. The van der Waals surface area contributed by atoms with E-state index in [1.165, 1.54) is 74.4 Å². The summed E-state index contributed by atoms with van der Waals surface area (Å²) < 4.78 is 63.7. The molecule has 1 unspecified atom stereocenters. The summed E-state index contributed by atoms with van der Waals surface area (Å²) in [4.78, 5) is 0. The number of rotatable bonds is 22. The Bertz CT molecular complexity index is 838. The van der Waals surface area contributed by atoms with Crippen LogP contribution < -0.4 is 4.43 Å². The van der Waals surface area contributed by atoms with E-state index in [1.807, 2.05) is 0 Å². The molecule has 0 amide bonds. The quantitative estimate of drug-likeness (QED) is 0.0412. The highest BCUT2D eigenvalue weighted by Crippen LogP contribution is 2.41. The summed E-state index contributed by atoms with van der Waals surface area (Å²) in [6.45, 7) is 17.9. The van der Waals surface area contributed by atoms with Crippen LogP contribution in [-0.2, 0) is 0 Å². The summed E-state index contributed by atoms with van der Waals surface area (Å²) >= 11 is 0. The van der Waals surface area contributed by atoms with Crippen LogP contribution in [0.4, 0.5) is 17.6 Å². The van der Waals surface area contributed by atoms with Crippen LogP contribution in [0.2, 0.25) is 66.0 Å². The minimum absolute atomic E-state index is 0.0930. The van der Waals surface area contributed by atoms with Crippen LogP contribution in [-0.4, -0.2) is 24.5 Å². The first kappa shape index (κ1) is 37.4. The predicted molar refractivity (Wildman–Crippen MR) is 173 cm³/mol. The molecule has 0 aromatic heterocycles. The molecule has 1 aromatic rings. The monoisotopic (exact) mass is 619 g/mol. The fraction of sp³-hybridized carbons (Fsp3) is 0.812. The normalized spacial score (nSPS) is 14.1. The second-order valence-corrected chi connectivity index (χ2v) is 27.9. The van der Waals surface area contributed by atoms with E-state index in [1.54, 1.807) is 6.07 Å². The lowest BCUT2D eigenvalue weighted by molar-refractivity contribution is 0.379. The zero-order valence-electron chi connectivity index (χ0n) is 27.0. The second kappa shape index (κ2) is 18.1. The van der Waals surface area contributed by atoms with E-state index < -0.39 is 53.5 Å². The molecule has 1 rings (SSSR count). The molecule has 1 aromatic carbocycles. The van der Waals surface area contributed by atoms with Crippen molar-refractivity contribution in [3.05, 3.63) is 29.3 Å². The van der Waals surface area contributed by atoms with Gasteiger partial charge in [0.15, 0.2) is 23.2 Å². The van der Waals surface area contributed by atoms with Gasteiger partial charge in [0, 0.05) is 0 Å². The van der Waals surface area contributed by atoms with Gasteiger partial charge in [-0.15, -0.1) is 0 Å². The number of unbranched alkanes of at least 4 members (excludes halogenated alkanes) is 3. The van der Waals surface area contributed by atoms with Crippen molar-refractivity contribution in [2.75, 3.05) is 0 Å². The van der Waals surface area contributed by atoms with Crippen LogP contribution in [0.25, 0.3) is 0 Å². The summed E-state index contributed by atoms with van der Waals surface area (Å²) in [6.07, 6.45) is 8.34. The number of hydrogen-bond acceptors (Lipinski definition) is 1. The van der Waals surface area contributed by atoms with Crippen molar-refractivity contribution in [2.45, 2.75) is 166 Å². The molecule has 233 valence electrons. The third kappa shape index (κ3) is 10.3. The molecule has 0 aliphatic heterocycles. The third-order valence-electron chi connectivity index (χ3n) is 10.1. The van der Waals surface area contributed by atoms with E-state index in [0.717, 1.165) is 31.0 Å². The van der Waals surface area contributed by atoms with Crippen LogP contribution in [0, 0.1) is 29.3 Å². The maximum absolute atomic E-state index is 14.8. The van der Waals surface area contributed by atoms with Gasteiger partial charge in [-0.05, 0) is 17.6 Å². The van der Waals surface area contributed by atoms with Gasteiger partial charge < -0.3 is 4.43 Å². The van der Waals surface area contributed by atoms with Crippen LogP contribution in [0.5, 0.6) is 5.75 Å². The molecular formula is C32H59F4OSi3. The van der Waals surface area contributed by atoms with Gasteiger partial charge in [-0.2, -0.15) is 4.39 Å². The molecule has 1 radical (unpaired) electrons. The van der Waals surface area contributed by atoms with Gasteiger partial charge >= 0.3 is 0 Å². The Morgan fingerprint density at radius 1 is 0.575 bits per heavy atom. The van der Waals surface area contributed by atoms with Crippen molar-refractivity contribution in [3.8, 4) is 5.75 Å². The maximum atomic E-state index is 14.8. The van der Waals surface area contributed by atoms with E-state index in [2.05, 4.69) is 55.4 Å². The summed E-state index contributed by atoms with van der Waals surface area (Å²) in [6, 6.07) is 13.6. The average Bonchev–Trinajstić information content (AvgIpc) is 2.92. The van der Waals surface area contributed by atoms with Gasteiger partial charge in [-0.3, -0.25) is 0 Å². The van der Waals surface area contributed by atoms with Gasteiger partial charge in [0.25, 0.3) is 8.32 Å². The Kier molecular flexibility index (Phi) is 17.0. The molecule has 0 bridgehead atoms. The molecule has 40 heavy (non-hydrogen) atoms. The van der Waals surface area contributed by atoms with Crippen molar-refractivity contribution in [3.63, 3.8) is 0 Å². The number of halogens is 4. The van der Waals surface area contributed by atoms with Crippen molar-refractivity contribution >= 4 is 24.5 Å². The fourth-order valence-electron chi connectivity index (χ4n) is 7.09. The molecule has 1 nitrogen and oxygen atoms in total. The molecule has 0 saturated heterocycles. The van der Waals surface area contributed by atoms with Gasteiger partial charge in [0.05, 0.1) is 22.2 Å². The van der Waals surface area contributed by atoms with Crippen LogP contribution >= 0.6 is 0 Å². The van der Waals surface area contributed by atoms with Crippen molar-refractivity contribution in [1.29, 1.82) is 0 Å². The SMILES string of the molecule is CCC[Si](CCC)(CCC)CCCCCC[Si](CC[Si](CC)(CC)CC)(Oc1c(F)[c]c(F)c(F)c1F)C(C)C. The largest absolute Gasteiger partial charge is 0.539 e. The lowest BCUT2D eigenvalue weighted by Crippen LogP contribution is -2.47. The summed E-state index contributed by atoms with van der Waals surface area (Å²) in [7, 11) is -5.46. The average molecular weight is 620 g/mol.